The molecule has 3 nitrogen and oxygen atoms in total. The molecule has 1 amide bonds. The molecule has 0 N–H and O–H groups in total. The molecule has 0 radical (unpaired) electrons. The Kier molecular flexibility index (Phi) is 4.13. The molecule has 0 spiro atoms. The van der Waals surface area contributed by atoms with Gasteiger partial charge in [-0.1, -0.05) is 11.6 Å². The molecule has 1 aliphatic rings. The normalized spacial score (nSPS) is 14.8. The lowest BCUT2D eigenvalue weighted by Gasteiger charge is -2.19. The van der Waals surface area contributed by atoms with Crippen molar-refractivity contribution < 1.29 is 9.53 Å². The van der Waals surface area contributed by atoms with Gasteiger partial charge in [0.05, 0.1) is 6.54 Å². The fourth-order valence-corrected chi connectivity index (χ4v) is 2.17. The average Bonchev–Trinajstić information content (AvgIpc) is 2.50. The fourth-order valence-electron chi connectivity index (χ4n) is 1.81. The summed E-state index contributed by atoms with van der Waals surface area (Å²) in [6.07, 6.45) is 0.359. The molecule has 1 aromatic carbocycles. The zero-order valence-corrected chi connectivity index (χ0v) is 10.8. The number of hydrogen-bond acceptors (Lipinski definition) is 2. The number of benzene rings is 1. The number of amides is 1. The van der Waals surface area contributed by atoms with Crippen molar-refractivity contribution in [2.75, 3.05) is 19.0 Å². The van der Waals surface area contributed by atoms with Gasteiger partial charge in [-0.05, 0) is 18.2 Å². The van der Waals surface area contributed by atoms with Crippen molar-refractivity contribution in [1.82, 2.24) is 4.90 Å². The van der Waals surface area contributed by atoms with Crippen molar-refractivity contribution in [1.29, 1.82) is 0 Å². The predicted molar refractivity (Wildman–Crippen MR) is 67.7 cm³/mol. The first kappa shape index (κ1) is 12.5. The summed E-state index contributed by atoms with van der Waals surface area (Å²) in [5.74, 6) is 1.20. The van der Waals surface area contributed by atoms with Gasteiger partial charge in [-0.15, -0.1) is 11.6 Å². The molecule has 1 aliphatic heterocycles. The van der Waals surface area contributed by atoms with E-state index < -0.39 is 0 Å². The number of carbonyl (C=O) groups excluding carboxylic acids is 1. The lowest BCUT2D eigenvalue weighted by Crippen LogP contribution is -2.32. The maximum absolute atomic E-state index is 11.8. The van der Waals surface area contributed by atoms with Gasteiger partial charge >= 0.3 is 0 Å². The van der Waals surface area contributed by atoms with Crippen LogP contribution in [0.3, 0.4) is 0 Å². The standard InChI is InChI=1S/C12H13Cl2NO2/c13-4-3-12(16)15-5-6-17-11-2-1-10(14)7-9(11)8-15/h1-2,7H,3-6,8H2. The third-order valence-corrected chi connectivity index (χ3v) is 3.09. The van der Waals surface area contributed by atoms with Gasteiger partial charge in [0.25, 0.3) is 0 Å². The molecular formula is C12H13Cl2NO2. The van der Waals surface area contributed by atoms with Crippen molar-refractivity contribution >= 4 is 29.1 Å². The Balaban J connectivity index is 2.18. The molecule has 0 fully saturated rings. The van der Waals surface area contributed by atoms with Crippen LogP contribution in [0.25, 0.3) is 0 Å². The van der Waals surface area contributed by atoms with E-state index in [2.05, 4.69) is 0 Å². The number of hydrogen-bond donors (Lipinski definition) is 0. The van der Waals surface area contributed by atoms with Crippen molar-refractivity contribution in [2.24, 2.45) is 0 Å². The van der Waals surface area contributed by atoms with E-state index in [-0.39, 0.29) is 5.91 Å². The van der Waals surface area contributed by atoms with Crippen LogP contribution in [0.1, 0.15) is 12.0 Å². The molecule has 2 rings (SSSR count). The zero-order valence-electron chi connectivity index (χ0n) is 9.29. The van der Waals surface area contributed by atoms with Crippen LogP contribution in [0.15, 0.2) is 18.2 Å². The second kappa shape index (κ2) is 5.61. The summed E-state index contributed by atoms with van der Waals surface area (Å²) in [5, 5.41) is 0.652. The van der Waals surface area contributed by atoms with Gasteiger partial charge in [-0.2, -0.15) is 0 Å². The summed E-state index contributed by atoms with van der Waals surface area (Å²) in [6.45, 7) is 1.62. The Hall–Kier alpha value is -0.930. The van der Waals surface area contributed by atoms with E-state index in [0.717, 1.165) is 11.3 Å². The number of ether oxygens (including phenoxy) is 1. The van der Waals surface area contributed by atoms with E-state index in [1.165, 1.54) is 0 Å². The molecule has 0 atom stereocenters. The van der Waals surface area contributed by atoms with Crippen LogP contribution >= 0.6 is 23.2 Å². The topological polar surface area (TPSA) is 29.5 Å². The summed E-state index contributed by atoms with van der Waals surface area (Å²) in [4.78, 5) is 13.6. The van der Waals surface area contributed by atoms with E-state index in [1.54, 1.807) is 11.0 Å². The van der Waals surface area contributed by atoms with Gasteiger partial charge in [-0.3, -0.25) is 4.79 Å². The summed E-state index contributed by atoms with van der Waals surface area (Å²) in [7, 11) is 0. The first-order valence-corrected chi connectivity index (χ1v) is 6.37. The SMILES string of the molecule is O=C(CCCl)N1CCOc2ccc(Cl)cc2C1. The number of alkyl halides is 1. The summed E-state index contributed by atoms with van der Waals surface area (Å²) < 4.78 is 5.58. The molecule has 5 heteroatoms. The average molecular weight is 274 g/mol. The maximum Gasteiger partial charge on any atom is 0.224 e. The third-order valence-electron chi connectivity index (χ3n) is 2.66. The van der Waals surface area contributed by atoms with E-state index >= 15 is 0 Å². The molecule has 17 heavy (non-hydrogen) atoms. The molecule has 0 bridgehead atoms. The fraction of sp³-hybridized carbons (Fsp3) is 0.417. The van der Waals surface area contributed by atoms with E-state index in [1.807, 2.05) is 12.1 Å². The van der Waals surface area contributed by atoms with Gasteiger partial charge < -0.3 is 9.64 Å². The molecule has 1 aromatic rings. The molecule has 92 valence electrons. The monoisotopic (exact) mass is 273 g/mol. The Bertz CT molecular complexity index is 423. The minimum atomic E-state index is 0.0522. The first-order chi connectivity index (χ1) is 8.20. The predicted octanol–water partition coefficient (Wildman–Crippen LogP) is 2.69. The minimum absolute atomic E-state index is 0.0522. The summed E-state index contributed by atoms with van der Waals surface area (Å²) in [5.41, 5.74) is 0.943. The van der Waals surface area contributed by atoms with E-state index in [4.69, 9.17) is 27.9 Å². The highest BCUT2D eigenvalue weighted by atomic mass is 35.5. The Morgan fingerprint density at radius 2 is 2.29 bits per heavy atom. The van der Waals surface area contributed by atoms with E-state index in [0.29, 0.717) is 37.0 Å². The molecule has 0 unspecified atom stereocenters. The Morgan fingerprint density at radius 3 is 3.06 bits per heavy atom. The van der Waals surface area contributed by atoms with Crippen LogP contribution in [0, 0.1) is 0 Å². The van der Waals surface area contributed by atoms with Crippen LogP contribution in [-0.2, 0) is 11.3 Å². The lowest BCUT2D eigenvalue weighted by molar-refractivity contribution is -0.131. The van der Waals surface area contributed by atoms with Gasteiger partial charge in [0.2, 0.25) is 5.91 Å². The van der Waals surface area contributed by atoms with Crippen molar-refractivity contribution in [3.63, 3.8) is 0 Å². The highest BCUT2D eigenvalue weighted by Gasteiger charge is 2.19. The Morgan fingerprint density at radius 1 is 1.47 bits per heavy atom. The van der Waals surface area contributed by atoms with Gasteiger partial charge in [0.15, 0.2) is 0 Å². The molecule has 0 saturated carbocycles. The van der Waals surface area contributed by atoms with Gasteiger partial charge in [-0.25, -0.2) is 0 Å². The number of nitrogens with zero attached hydrogens (tertiary/aromatic N) is 1. The van der Waals surface area contributed by atoms with Gasteiger partial charge in [0, 0.05) is 29.4 Å². The van der Waals surface area contributed by atoms with Gasteiger partial charge in [0.1, 0.15) is 12.4 Å². The molecule has 1 heterocycles. The van der Waals surface area contributed by atoms with Crippen molar-refractivity contribution in [3.8, 4) is 5.75 Å². The quantitative estimate of drug-likeness (QED) is 0.776. The lowest BCUT2D eigenvalue weighted by atomic mass is 10.2. The van der Waals surface area contributed by atoms with Crippen LogP contribution in [0.5, 0.6) is 5.75 Å². The number of fused-ring (bicyclic) bond motifs is 1. The molecular weight excluding hydrogens is 261 g/mol. The minimum Gasteiger partial charge on any atom is -0.491 e. The maximum atomic E-state index is 11.8. The second-order valence-corrected chi connectivity index (χ2v) is 4.67. The number of halogens is 2. The second-order valence-electron chi connectivity index (χ2n) is 3.85. The zero-order chi connectivity index (χ0) is 12.3. The number of rotatable bonds is 2. The van der Waals surface area contributed by atoms with Crippen LogP contribution < -0.4 is 4.74 Å². The molecule has 0 aliphatic carbocycles. The summed E-state index contributed by atoms with van der Waals surface area (Å²) >= 11 is 11.5. The highest BCUT2D eigenvalue weighted by Crippen LogP contribution is 2.26. The largest absolute Gasteiger partial charge is 0.491 e. The third kappa shape index (κ3) is 3.05. The van der Waals surface area contributed by atoms with E-state index in [9.17, 15) is 4.79 Å². The van der Waals surface area contributed by atoms with Crippen LogP contribution in [-0.4, -0.2) is 29.8 Å². The Labute approximate surface area is 110 Å². The molecule has 0 saturated heterocycles. The number of carbonyl (C=O) groups is 1. The molecule has 0 aromatic heterocycles. The highest BCUT2D eigenvalue weighted by molar-refractivity contribution is 6.30. The first-order valence-electron chi connectivity index (χ1n) is 5.45. The summed E-state index contributed by atoms with van der Waals surface area (Å²) in [6, 6.07) is 5.47. The van der Waals surface area contributed by atoms with Crippen LogP contribution in [0.2, 0.25) is 5.02 Å². The van der Waals surface area contributed by atoms with Crippen molar-refractivity contribution in [3.05, 3.63) is 28.8 Å². The van der Waals surface area contributed by atoms with Crippen molar-refractivity contribution in [2.45, 2.75) is 13.0 Å². The van der Waals surface area contributed by atoms with Crippen LogP contribution in [0.4, 0.5) is 0 Å². The smallest absolute Gasteiger partial charge is 0.224 e.